The quantitative estimate of drug-likeness (QED) is 0.597. The van der Waals surface area contributed by atoms with Crippen molar-refractivity contribution in [2.24, 2.45) is 0 Å². The van der Waals surface area contributed by atoms with E-state index in [0.29, 0.717) is 5.88 Å². The molecule has 1 heterocycles. The number of nitrogens with zero attached hydrogens (tertiary/aromatic N) is 1. The highest BCUT2D eigenvalue weighted by Gasteiger charge is 2.26. The maximum Gasteiger partial charge on any atom is 0.389 e. The Kier molecular flexibility index (Phi) is 5.26. The molecule has 6 heteroatoms. The summed E-state index contributed by atoms with van der Waals surface area (Å²) in [5, 5.41) is 0. The van der Waals surface area contributed by atoms with Crippen LogP contribution in [0.5, 0.6) is 5.88 Å². The van der Waals surface area contributed by atoms with Crippen molar-refractivity contribution in [3.8, 4) is 5.88 Å². The van der Waals surface area contributed by atoms with Gasteiger partial charge in [-0.3, -0.25) is 0 Å². The van der Waals surface area contributed by atoms with Crippen LogP contribution < -0.4 is 4.74 Å². The van der Waals surface area contributed by atoms with Crippen molar-refractivity contribution < 1.29 is 17.9 Å². The lowest BCUT2D eigenvalue weighted by atomic mass is 10.1. The van der Waals surface area contributed by atoms with E-state index >= 15 is 0 Å². The molecule has 0 aliphatic carbocycles. The molecule has 0 radical (unpaired) electrons. The second-order valence-electron chi connectivity index (χ2n) is 4.07. The van der Waals surface area contributed by atoms with Crippen molar-refractivity contribution in [3.63, 3.8) is 0 Å². The molecule has 0 bridgehead atoms. The first-order valence-electron chi connectivity index (χ1n) is 5.56. The van der Waals surface area contributed by atoms with Gasteiger partial charge in [-0.05, 0) is 31.9 Å². The molecule has 0 unspecified atom stereocenters. The Morgan fingerprint density at radius 3 is 2.56 bits per heavy atom. The first-order chi connectivity index (χ1) is 8.33. The lowest BCUT2D eigenvalue weighted by Crippen LogP contribution is -2.11. The first kappa shape index (κ1) is 15.1. The molecule has 0 amide bonds. The van der Waals surface area contributed by atoms with Crippen molar-refractivity contribution in [2.45, 2.75) is 38.7 Å². The zero-order chi connectivity index (χ0) is 13.8. The molecule has 0 atom stereocenters. The van der Waals surface area contributed by atoms with Gasteiger partial charge in [0.2, 0.25) is 5.88 Å². The summed E-state index contributed by atoms with van der Waals surface area (Å²) >= 11 is 5.78. The summed E-state index contributed by atoms with van der Waals surface area (Å²) in [4.78, 5) is 4.15. The smallest absolute Gasteiger partial charge is 0.389 e. The van der Waals surface area contributed by atoms with Gasteiger partial charge in [-0.2, -0.15) is 13.2 Å². The van der Waals surface area contributed by atoms with E-state index in [1.807, 2.05) is 13.0 Å². The highest BCUT2D eigenvalue weighted by Crippen LogP contribution is 2.24. The predicted octanol–water partition coefficient (Wildman–Crippen LogP) is 4.16. The van der Waals surface area contributed by atoms with Crippen LogP contribution in [0.2, 0.25) is 0 Å². The van der Waals surface area contributed by atoms with Crippen LogP contribution in [0.4, 0.5) is 13.2 Å². The molecule has 1 aromatic rings. The maximum atomic E-state index is 12.0. The average molecular weight is 282 g/mol. The van der Waals surface area contributed by atoms with E-state index < -0.39 is 12.6 Å². The molecule has 0 aromatic carbocycles. The summed E-state index contributed by atoms with van der Waals surface area (Å²) in [7, 11) is 0. The molecule has 0 spiro atoms. The molecule has 0 aliphatic rings. The highest BCUT2D eigenvalue weighted by molar-refractivity contribution is 6.17. The third-order valence-corrected chi connectivity index (χ3v) is 2.68. The number of halogens is 4. The number of alkyl halides is 4. The third-order valence-electron chi connectivity index (χ3n) is 2.41. The summed E-state index contributed by atoms with van der Waals surface area (Å²) < 4.78 is 41.2. The minimum atomic E-state index is -4.14. The SMILES string of the molecule is Cc1cc(C)c(CCl)c(OCCCC(F)(F)F)n1. The Balaban J connectivity index is 2.61. The van der Waals surface area contributed by atoms with E-state index in [-0.39, 0.29) is 18.9 Å². The Bertz CT molecular complexity index is 407. The van der Waals surface area contributed by atoms with E-state index in [9.17, 15) is 13.2 Å². The summed E-state index contributed by atoms with van der Waals surface area (Å²) in [5.41, 5.74) is 2.42. The average Bonchev–Trinajstić information content (AvgIpc) is 2.22. The number of ether oxygens (including phenoxy) is 1. The van der Waals surface area contributed by atoms with Gasteiger partial charge in [0.25, 0.3) is 0 Å². The summed E-state index contributed by atoms with van der Waals surface area (Å²) in [6.07, 6.45) is -5.08. The minimum Gasteiger partial charge on any atom is -0.477 e. The Hall–Kier alpha value is -0.970. The molecule has 0 saturated carbocycles. The van der Waals surface area contributed by atoms with Crippen molar-refractivity contribution in [3.05, 3.63) is 22.9 Å². The van der Waals surface area contributed by atoms with Gasteiger partial charge in [0.15, 0.2) is 0 Å². The van der Waals surface area contributed by atoms with Crippen LogP contribution in [0.3, 0.4) is 0 Å². The molecule has 0 fully saturated rings. The Labute approximate surface area is 109 Å². The Morgan fingerprint density at radius 1 is 1.33 bits per heavy atom. The third kappa shape index (κ3) is 4.72. The number of aromatic nitrogens is 1. The van der Waals surface area contributed by atoms with Crippen LogP contribution in [0.1, 0.15) is 29.7 Å². The van der Waals surface area contributed by atoms with Crippen LogP contribution in [0.15, 0.2) is 6.07 Å². The van der Waals surface area contributed by atoms with Crippen LogP contribution >= 0.6 is 11.6 Å². The van der Waals surface area contributed by atoms with Crippen LogP contribution in [-0.4, -0.2) is 17.8 Å². The fourth-order valence-corrected chi connectivity index (χ4v) is 1.88. The fraction of sp³-hybridized carbons (Fsp3) is 0.583. The molecular formula is C12H15ClF3NO. The summed E-state index contributed by atoms with van der Waals surface area (Å²) in [6, 6.07) is 1.86. The molecular weight excluding hydrogens is 267 g/mol. The van der Waals surface area contributed by atoms with E-state index in [4.69, 9.17) is 16.3 Å². The second-order valence-corrected chi connectivity index (χ2v) is 4.33. The van der Waals surface area contributed by atoms with Gasteiger partial charge in [0, 0.05) is 17.7 Å². The standard InChI is InChI=1S/C12H15ClF3NO/c1-8-6-9(2)17-11(10(8)7-13)18-5-3-4-12(14,15)16/h6H,3-5,7H2,1-2H3. The molecule has 0 saturated heterocycles. The predicted molar refractivity (Wildman–Crippen MR) is 64.1 cm³/mol. The van der Waals surface area contributed by atoms with Crippen LogP contribution in [0.25, 0.3) is 0 Å². The van der Waals surface area contributed by atoms with Gasteiger partial charge in [-0.15, -0.1) is 11.6 Å². The van der Waals surface area contributed by atoms with Crippen molar-refractivity contribution in [2.75, 3.05) is 6.61 Å². The van der Waals surface area contributed by atoms with Crippen LogP contribution in [-0.2, 0) is 5.88 Å². The van der Waals surface area contributed by atoms with E-state index in [2.05, 4.69) is 4.98 Å². The van der Waals surface area contributed by atoms with E-state index in [0.717, 1.165) is 16.8 Å². The van der Waals surface area contributed by atoms with Gasteiger partial charge >= 0.3 is 6.18 Å². The van der Waals surface area contributed by atoms with Crippen LogP contribution in [0, 0.1) is 13.8 Å². The van der Waals surface area contributed by atoms with E-state index in [1.165, 1.54) is 0 Å². The largest absolute Gasteiger partial charge is 0.477 e. The van der Waals surface area contributed by atoms with E-state index in [1.54, 1.807) is 6.92 Å². The zero-order valence-electron chi connectivity index (χ0n) is 10.3. The Morgan fingerprint density at radius 2 is 2.00 bits per heavy atom. The number of hydrogen-bond donors (Lipinski definition) is 0. The fourth-order valence-electron chi connectivity index (χ4n) is 1.55. The van der Waals surface area contributed by atoms with Crippen molar-refractivity contribution >= 4 is 11.6 Å². The van der Waals surface area contributed by atoms with Gasteiger partial charge in [0.1, 0.15) is 0 Å². The molecule has 2 nitrogen and oxygen atoms in total. The molecule has 102 valence electrons. The molecule has 1 aromatic heterocycles. The minimum absolute atomic E-state index is 0.0146. The zero-order valence-corrected chi connectivity index (χ0v) is 11.0. The first-order valence-corrected chi connectivity index (χ1v) is 6.09. The molecule has 18 heavy (non-hydrogen) atoms. The van der Waals surface area contributed by atoms with Crippen molar-refractivity contribution in [1.82, 2.24) is 4.98 Å². The van der Waals surface area contributed by atoms with Gasteiger partial charge < -0.3 is 4.74 Å². The van der Waals surface area contributed by atoms with Gasteiger partial charge in [0.05, 0.1) is 12.5 Å². The van der Waals surface area contributed by atoms with Crippen molar-refractivity contribution in [1.29, 1.82) is 0 Å². The lowest BCUT2D eigenvalue weighted by Gasteiger charge is -2.12. The normalized spacial score (nSPS) is 11.7. The molecule has 0 aliphatic heterocycles. The number of hydrogen-bond acceptors (Lipinski definition) is 2. The van der Waals surface area contributed by atoms with Gasteiger partial charge in [-0.1, -0.05) is 0 Å². The lowest BCUT2D eigenvalue weighted by molar-refractivity contribution is -0.136. The second kappa shape index (κ2) is 6.27. The number of rotatable bonds is 5. The van der Waals surface area contributed by atoms with Gasteiger partial charge in [-0.25, -0.2) is 4.98 Å². The monoisotopic (exact) mass is 281 g/mol. The highest BCUT2D eigenvalue weighted by atomic mass is 35.5. The summed E-state index contributed by atoms with van der Waals surface area (Å²) in [5.74, 6) is 0.568. The summed E-state index contributed by atoms with van der Waals surface area (Å²) in [6.45, 7) is 3.65. The molecule has 0 N–H and O–H groups in total. The number of pyridine rings is 1. The topological polar surface area (TPSA) is 22.1 Å². The molecule has 1 rings (SSSR count). The number of aryl methyl sites for hydroxylation is 2. The maximum absolute atomic E-state index is 12.0.